The van der Waals surface area contributed by atoms with Crippen LogP contribution in [0, 0.1) is 17.0 Å². The van der Waals surface area contributed by atoms with Crippen molar-refractivity contribution in [2.75, 3.05) is 7.11 Å². The second-order valence-electron chi connectivity index (χ2n) is 2.34. The SMILES string of the molecule is COc1nc(C)c([N+](=O)[O-])cc1Cl. The van der Waals surface area contributed by atoms with E-state index < -0.39 is 4.92 Å². The van der Waals surface area contributed by atoms with Gasteiger partial charge in [0, 0.05) is 6.07 Å². The van der Waals surface area contributed by atoms with Crippen LogP contribution in [-0.4, -0.2) is 17.0 Å². The van der Waals surface area contributed by atoms with E-state index in [0.29, 0.717) is 0 Å². The van der Waals surface area contributed by atoms with Gasteiger partial charge in [-0.3, -0.25) is 10.1 Å². The average molecular weight is 203 g/mol. The molecular weight excluding hydrogens is 196 g/mol. The number of aromatic nitrogens is 1. The number of hydrogen-bond acceptors (Lipinski definition) is 4. The summed E-state index contributed by atoms with van der Waals surface area (Å²) in [5.74, 6) is 0.199. The van der Waals surface area contributed by atoms with Crippen LogP contribution in [-0.2, 0) is 0 Å². The molecule has 1 rings (SSSR count). The summed E-state index contributed by atoms with van der Waals surface area (Å²) in [7, 11) is 1.40. The lowest BCUT2D eigenvalue weighted by molar-refractivity contribution is -0.385. The van der Waals surface area contributed by atoms with Gasteiger partial charge in [0.15, 0.2) is 0 Å². The smallest absolute Gasteiger partial charge is 0.292 e. The van der Waals surface area contributed by atoms with Crippen molar-refractivity contribution in [3.05, 3.63) is 26.9 Å². The molecule has 1 aromatic rings. The van der Waals surface area contributed by atoms with Crippen molar-refractivity contribution >= 4 is 17.3 Å². The molecule has 6 heteroatoms. The molecule has 0 spiro atoms. The Hall–Kier alpha value is -1.36. The molecule has 70 valence electrons. The monoisotopic (exact) mass is 202 g/mol. The molecule has 0 amide bonds. The minimum atomic E-state index is -0.534. The number of ether oxygens (including phenoxy) is 1. The highest BCUT2D eigenvalue weighted by molar-refractivity contribution is 6.32. The minimum absolute atomic E-state index is 0.106. The van der Waals surface area contributed by atoms with Crippen molar-refractivity contribution < 1.29 is 9.66 Å². The largest absolute Gasteiger partial charge is 0.480 e. The lowest BCUT2D eigenvalue weighted by atomic mass is 10.3. The Kier molecular flexibility index (Phi) is 2.67. The Morgan fingerprint density at radius 2 is 2.31 bits per heavy atom. The van der Waals surface area contributed by atoms with Crippen LogP contribution in [0.2, 0.25) is 5.02 Å². The third kappa shape index (κ3) is 1.86. The molecular formula is C7H7ClN2O3. The second-order valence-corrected chi connectivity index (χ2v) is 2.75. The van der Waals surface area contributed by atoms with Crippen LogP contribution in [0.1, 0.15) is 5.69 Å². The number of nitrogens with zero attached hydrogens (tertiary/aromatic N) is 2. The summed E-state index contributed by atoms with van der Waals surface area (Å²) in [6.45, 7) is 1.52. The molecule has 0 bridgehead atoms. The molecule has 0 fully saturated rings. The summed E-state index contributed by atoms with van der Waals surface area (Å²) in [6, 6.07) is 1.22. The molecule has 0 aliphatic carbocycles. The Bertz CT molecular complexity index is 354. The van der Waals surface area contributed by atoms with Crippen molar-refractivity contribution in [2.24, 2.45) is 0 Å². The minimum Gasteiger partial charge on any atom is -0.480 e. The van der Waals surface area contributed by atoms with Crippen LogP contribution in [0.5, 0.6) is 5.88 Å². The zero-order valence-corrected chi connectivity index (χ0v) is 7.83. The van der Waals surface area contributed by atoms with Crippen LogP contribution in [0.15, 0.2) is 6.07 Å². The maximum atomic E-state index is 10.4. The highest BCUT2D eigenvalue weighted by atomic mass is 35.5. The first kappa shape index (κ1) is 9.73. The molecule has 0 aliphatic heterocycles. The first-order chi connectivity index (χ1) is 6.06. The van der Waals surface area contributed by atoms with E-state index in [4.69, 9.17) is 16.3 Å². The fourth-order valence-corrected chi connectivity index (χ4v) is 1.10. The van der Waals surface area contributed by atoms with Gasteiger partial charge in [-0.1, -0.05) is 11.6 Å². The Labute approximate surface area is 79.5 Å². The van der Waals surface area contributed by atoms with Gasteiger partial charge >= 0.3 is 0 Å². The third-order valence-corrected chi connectivity index (χ3v) is 1.77. The predicted molar refractivity (Wildman–Crippen MR) is 47.2 cm³/mol. The van der Waals surface area contributed by atoms with Gasteiger partial charge in [0.1, 0.15) is 10.7 Å². The van der Waals surface area contributed by atoms with E-state index in [1.54, 1.807) is 0 Å². The van der Waals surface area contributed by atoms with Gasteiger partial charge in [-0.05, 0) is 6.92 Å². The molecule has 1 heterocycles. The number of pyridine rings is 1. The summed E-state index contributed by atoms with van der Waals surface area (Å²) < 4.78 is 4.79. The predicted octanol–water partition coefficient (Wildman–Crippen LogP) is 1.96. The summed E-state index contributed by atoms with van der Waals surface area (Å²) in [5, 5.41) is 10.6. The number of aryl methyl sites for hydroxylation is 1. The van der Waals surface area contributed by atoms with Gasteiger partial charge in [-0.25, -0.2) is 4.98 Å². The molecule has 0 radical (unpaired) electrons. The molecule has 0 atom stereocenters. The topological polar surface area (TPSA) is 65.3 Å². The van der Waals surface area contributed by atoms with Gasteiger partial charge in [0.05, 0.1) is 12.0 Å². The molecule has 0 saturated heterocycles. The van der Waals surface area contributed by atoms with Gasteiger partial charge in [0.2, 0.25) is 5.88 Å². The van der Waals surface area contributed by atoms with Crippen molar-refractivity contribution in [1.29, 1.82) is 0 Å². The Morgan fingerprint density at radius 1 is 1.69 bits per heavy atom. The van der Waals surface area contributed by atoms with Gasteiger partial charge in [-0.15, -0.1) is 0 Å². The highest BCUT2D eigenvalue weighted by Crippen LogP contribution is 2.28. The van der Waals surface area contributed by atoms with E-state index in [1.807, 2.05) is 0 Å². The summed E-state index contributed by atoms with van der Waals surface area (Å²) >= 11 is 5.65. The van der Waals surface area contributed by atoms with Gasteiger partial charge < -0.3 is 4.74 Å². The summed E-state index contributed by atoms with van der Waals surface area (Å²) in [6.07, 6.45) is 0. The maximum Gasteiger partial charge on any atom is 0.292 e. The molecule has 1 aromatic heterocycles. The van der Waals surface area contributed by atoms with Crippen LogP contribution in [0.25, 0.3) is 0 Å². The lowest BCUT2D eigenvalue weighted by Crippen LogP contribution is -1.97. The fourth-order valence-electron chi connectivity index (χ4n) is 0.877. The standard InChI is InChI=1S/C7H7ClN2O3/c1-4-6(10(11)12)3-5(8)7(9-4)13-2/h3H,1-2H3. The molecule has 5 nitrogen and oxygen atoms in total. The number of hydrogen-bond donors (Lipinski definition) is 0. The number of halogens is 1. The first-order valence-electron chi connectivity index (χ1n) is 3.41. The zero-order chi connectivity index (χ0) is 10.0. The highest BCUT2D eigenvalue weighted by Gasteiger charge is 2.15. The van der Waals surface area contributed by atoms with E-state index in [9.17, 15) is 10.1 Å². The van der Waals surface area contributed by atoms with E-state index in [2.05, 4.69) is 4.98 Å². The van der Waals surface area contributed by atoms with E-state index in [0.717, 1.165) is 0 Å². The van der Waals surface area contributed by atoms with E-state index >= 15 is 0 Å². The second kappa shape index (κ2) is 3.57. The third-order valence-electron chi connectivity index (χ3n) is 1.50. The normalized spacial score (nSPS) is 9.77. The zero-order valence-electron chi connectivity index (χ0n) is 7.07. The molecule has 0 unspecified atom stereocenters. The van der Waals surface area contributed by atoms with E-state index in [1.165, 1.54) is 20.1 Å². The molecule has 0 saturated carbocycles. The molecule has 0 N–H and O–H groups in total. The van der Waals surface area contributed by atoms with Gasteiger partial charge in [-0.2, -0.15) is 0 Å². The number of rotatable bonds is 2. The summed E-state index contributed by atoms with van der Waals surface area (Å²) in [5.41, 5.74) is 0.178. The number of methoxy groups -OCH3 is 1. The summed E-state index contributed by atoms with van der Waals surface area (Å²) in [4.78, 5) is 13.7. The lowest BCUT2D eigenvalue weighted by Gasteiger charge is -2.02. The van der Waals surface area contributed by atoms with Crippen molar-refractivity contribution in [3.8, 4) is 5.88 Å². The molecule has 0 aromatic carbocycles. The van der Waals surface area contributed by atoms with Crippen LogP contribution < -0.4 is 4.74 Å². The first-order valence-corrected chi connectivity index (χ1v) is 3.79. The van der Waals surface area contributed by atoms with Crippen LogP contribution >= 0.6 is 11.6 Å². The Balaban J connectivity index is 3.28. The fraction of sp³-hybridized carbons (Fsp3) is 0.286. The van der Waals surface area contributed by atoms with Crippen molar-refractivity contribution in [1.82, 2.24) is 4.98 Å². The van der Waals surface area contributed by atoms with Crippen molar-refractivity contribution in [3.63, 3.8) is 0 Å². The number of nitro groups is 1. The molecule has 13 heavy (non-hydrogen) atoms. The van der Waals surface area contributed by atoms with Crippen LogP contribution in [0.4, 0.5) is 5.69 Å². The maximum absolute atomic E-state index is 10.4. The molecule has 0 aliphatic rings. The van der Waals surface area contributed by atoms with Crippen LogP contribution in [0.3, 0.4) is 0 Å². The Morgan fingerprint density at radius 3 is 2.77 bits per heavy atom. The van der Waals surface area contributed by atoms with Crippen molar-refractivity contribution in [2.45, 2.75) is 6.92 Å². The van der Waals surface area contributed by atoms with Gasteiger partial charge in [0.25, 0.3) is 5.69 Å². The quantitative estimate of drug-likeness (QED) is 0.543. The van der Waals surface area contributed by atoms with E-state index in [-0.39, 0.29) is 22.3 Å². The average Bonchev–Trinajstić information content (AvgIpc) is 2.07.